The van der Waals surface area contributed by atoms with Gasteiger partial charge in [-0.25, -0.2) is 4.39 Å². The van der Waals surface area contributed by atoms with Crippen LogP contribution < -0.4 is 5.32 Å². The second-order valence-corrected chi connectivity index (χ2v) is 5.28. The topological polar surface area (TPSA) is 12.0 Å². The van der Waals surface area contributed by atoms with E-state index in [4.69, 9.17) is 11.6 Å². The summed E-state index contributed by atoms with van der Waals surface area (Å²) in [5, 5.41) is 3.70. The lowest BCUT2D eigenvalue weighted by Gasteiger charge is -2.25. The van der Waals surface area contributed by atoms with E-state index >= 15 is 0 Å². The van der Waals surface area contributed by atoms with Crippen molar-refractivity contribution >= 4 is 11.6 Å². The SMILES string of the molecule is CC1(NCc2ccc(Cl)c(F)c2)CCCC1. The first-order valence-electron chi connectivity index (χ1n) is 5.78. The van der Waals surface area contributed by atoms with E-state index in [-0.39, 0.29) is 16.4 Å². The van der Waals surface area contributed by atoms with Crippen molar-refractivity contribution in [3.05, 3.63) is 34.6 Å². The van der Waals surface area contributed by atoms with Crippen LogP contribution in [0.15, 0.2) is 18.2 Å². The summed E-state index contributed by atoms with van der Waals surface area (Å²) < 4.78 is 13.2. The van der Waals surface area contributed by atoms with E-state index in [0.29, 0.717) is 6.54 Å². The van der Waals surface area contributed by atoms with Crippen LogP contribution in [-0.2, 0) is 6.54 Å². The molecule has 1 nitrogen and oxygen atoms in total. The molecule has 0 spiro atoms. The molecule has 2 rings (SSSR count). The van der Waals surface area contributed by atoms with Crippen molar-refractivity contribution in [1.82, 2.24) is 5.32 Å². The molecular formula is C13H17ClFN. The number of benzene rings is 1. The molecule has 0 aliphatic heterocycles. The summed E-state index contributed by atoms with van der Waals surface area (Å²) in [6.07, 6.45) is 5.00. The number of hydrogen-bond donors (Lipinski definition) is 1. The highest BCUT2D eigenvalue weighted by molar-refractivity contribution is 6.30. The summed E-state index contributed by atoms with van der Waals surface area (Å²) in [7, 11) is 0. The first-order valence-corrected chi connectivity index (χ1v) is 6.16. The van der Waals surface area contributed by atoms with E-state index in [1.54, 1.807) is 6.07 Å². The maximum absolute atomic E-state index is 13.2. The van der Waals surface area contributed by atoms with Gasteiger partial charge in [0.15, 0.2) is 0 Å². The Morgan fingerprint density at radius 2 is 2.06 bits per heavy atom. The molecule has 1 aliphatic carbocycles. The molecule has 0 aromatic heterocycles. The predicted octanol–water partition coefficient (Wildman–Crippen LogP) is 3.90. The van der Waals surface area contributed by atoms with Crippen molar-refractivity contribution in [2.24, 2.45) is 0 Å². The van der Waals surface area contributed by atoms with Gasteiger partial charge in [0.05, 0.1) is 5.02 Å². The van der Waals surface area contributed by atoms with Crippen molar-refractivity contribution in [2.75, 3.05) is 0 Å². The second kappa shape index (κ2) is 4.72. The third-order valence-electron chi connectivity index (χ3n) is 3.41. The fraction of sp³-hybridized carbons (Fsp3) is 0.538. The Morgan fingerprint density at radius 1 is 1.38 bits per heavy atom. The van der Waals surface area contributed by atoms with Crippen molar-refractivity contribution in [3.8, 4) is 0 Å². The average molecular weight is 242 g/mol. The Kier molecular flexibility index (Phi) is 3.50. The maximum atomic E-state index is 13.2. The van der Waals surface area contributed by atoms with Gasteiger partial charge in [-0.05, 0) is 37.5 Å². The van der Waals surface area contributed by atoms with E-state index < -0.39 is 0 Å². The first-order chi connectivity index (χ1) is 7.59. The fourth-order valence-corrected chi connectivity index (χ4v) is 2.41. The molecular weight excluding hydrogens is 225 g/mol. The molecule has 1 aromatic carbocycles. The van der Waals surface area contributed by atoms with Crippen LogP contribution in [0.25, 0.3) is 0 Å². The molecule has 1 aromatic rings. The minimum Gasteiger partial charge on any atom is -0.307 e. The second-order valence-electron chi connectivity index (χ2n) is 4.87. The fourth-order valence-electron chi connectivity index (χ4n) is 2.30. The third kappa shape index (κ3) is 2.74. The highest BCUT2D eigenvalue weighted by atomic mass is 35.5. The summed E-state index contributed by atoms with van der Waals surface area (Å²) in [6.45, 7) is 2.96. The summed E-state index contributed by atoms with van der Waals surface area (Å²) in [5.41, 5.74) is 1.19. The quantitative estimate of drug-likeness (QED) is 0.846. The Balaban J connectivity index is 1.96. The molecule has 1 saturated carbocycles. The van der Waals surface area contributed by atoms with Gasteiger partial charge in [0, 0.05) is 12.1 Å². The number of hydrogen-bond acceptors (Lipinski definition) is 1. The maximum Gasteiger partial charge on any atom is 0.142 e. The molecule has 1 N–H and O–H groups in total. The Labute approximate surface area is 101 Å². The highest BCUT2D eigenvalue weighted by Crippen LogP contribution is 2.29. The Bertz CT molecular complexity index is 372. The van der Waals surface area contributed by atoms with E-state index in [0.717, 1.165) is 5.56 Å². The molecule has 0 radical (unpaired) electrons. The molecule has 0 bridgehead atoms. The van der Waals surface area contributed by atoms with Crippen LogP contribution in [0.5, 0.6) is 0 Å². The van der Waals surface area contributed by atoms with Gasteiger partial charge in [-0.2, -0.15) is 0 Å². The van der Waals surface area contributed by atoms with Gasteiger partial charge in [0.2, 0.25) is 0 Å². The van der Waals surface area contributed by atoms with Crippen molar-refractivity contribution in [3.63, 3.8) is 0 Å². The minimum absolute atomic E-state index is 0.191. The summed E-state index contributed by atoms with van der Waals surface area (Å²) >= 11 is 5.64. The molecule has 1 fully saturated rings. The highest BCUT2D eigenvalue weighted by Gasteiger charge is 2.27. The van der Waals surface area contributed by atoms with Crippen molar-refractivity contribution < 1.29 is 4.39 Å². The Morgan fingerprint density at radius 3 is 2.69 bits per heavy atom. The van der Waals surface area contributed by atoms with Crippen LogP contribution in [0.1, 0.15) is 38.2 Å². The predicted molar refractivity (Wildman–Crippen MR) is 65.1 cm³/mol. The van der Waals surface area contributed by atoms with Gasteiger partial charge < -0.3 is 5.32 Å². The minimum atomic E-state index is -0.336. The van der Waals surface area contributed by atoms with E-state index in [1.165, 1.54) is 31.7 Å². The van der Waals surface area contributed by atoms with E-state index in [1.807, 2.05) is 6.07 Å². The van der Waals surface area contributed by atoms with E-state index in [9.17, 15) is 4.39 Å². The number of rotatable bonds is 3. The average Bonchev–Trinajstić information content (AvgIpc) is 2.68. The van der Waals surface area contributed by atoms with Crippen molar-refractivity contribution in [1.29, 1.82) is 0 Å². The summed E-state index contributed by atoms with van der Waals surface area (Å²) in [6, 6.07) is 5.00. The van der Waals surface area contributed by atoms with Gasteiger partial charge in [0.1, 0.15) is 5.82 Å². The zero-order valence-electron chi connectivity index (χ0n) is 9.52. The van der Waals surface area contributed by atoms with Crippen LogP contribution >= 0.6 is 11.6 Å². The van der Waals surface area contributed by atoms with Crippen LogP contribution in [0.2, 0.25) is 5.02 Å². The number of nitrogens with one attached hydrogen (secondary N) is 1. The molecule has 0 amide bonds. The summed E-state index contributed by atoms with van der Waals surface area (Å²) in [4.78, 5) is 0. The standard InChI is InChI=1S/C13H17ClFN/c1-13(6-2-3-7-13)16-9-10-4-5-11(14)12(15)8-10/h4-5,8,16H,2-3,6-7,9H2,1H3. The lowest BCUT2D eigenvalue weighted by atomic mass is 10.0. The normalized spacial score (nSPS) is 18.9. The largest absolute Gasteiger partial charge is 0.307 e. The molecule has 0 atom stereocenters. The molecule has 0 heterocycles. The number of halogens is 2. The van der Waals surface area contributed by atoms with Gasteiger partial charge in [-0.15, -0.1) is 0 Å². The molecule has 1 aliphatic rings. The molecule has 0 unspecified atom stereocenters. The van der Waals surface area contributed by atoms with Crippen LogP contribution in [0, 0.1) is 5.82 Å². The molecule has 16 heavy (non-hydrogen) atoms. The summed E-state index contributed by atoms with van der Waals surface area (Å²) in [5.74, 6) is -0.336. The van der Waals surface area contributed by atoms with Gasteiger partial charge in [-0.3, -0.25) is 0 Å². The zero-order valence-corrected chi connectivity index (χ0v) is 10.3. The van der Waals surface area contributed by atoms with Crippen LogP contribution in [-0.4, -0.2) is 5.54 Å². The van der Waals surface area contributed by atoms with Crippen molar-refractivity contribution in [2.45, 2.75) is 44.7 Å². The molecule has 88 valence electrons. The van der Waals surface area contributed by atoms with E-state index in [2.05, 4.69) is 12.2 Å². The lowest BCUT2D eigenvalue weighted by Crippen LogP contribution is -2.38. The third-order valence-corrected chi connectivity index (χ3v) is 3.72. The van der Waals surface area contributed by atoms with Gasteiger partial charge >= 0.3 is 0 Å². The van der Waals surface area contributed by atoms with Crippen LogP contribution in [0.4, 0.5) is 4.39 Å². The first kappa shape index (κ1) is 11.9. The van der Waals surface area contributed by atoms with Crippen LogP contribution in [0.3, 0.4) is 0 Å². The smallest absolute Gasteiger partial charge is 0.142 e. The lowest BCUT2D eigenvalue weighted by molar-refractivity contribution is 0.362. The van der Waals surface area contributed by atoms with Gasteiger partial charge in [0.25, 0.3) is 0 Å². The Hall–Kier alpha value is -0.600. The van der Waals surface area contributed by atoms with Gasteiger partial charge in [-0.1, -0.05) is 30.5 Å². The monoisotopic (exact) mass is 241 g/mol. The zero-order chi connectivity index (χ0) is 11.6. The molecule has 0 saturated heterocycles. The molecule has 3 heteroatoms.